The molecule has 110 valence electrons. The third-order valence-electron chi connectivity index (χ3n) is 2.80. The molecule has 0 aromatic heterocycles. The quantitative estimate of drug-likeness (QED) is 0.593. The first kappa shape index (κ1) is 16.7. The van der Waals surface area contributed by atoms with Crippen molar-refractivity contribution >= 4 is 35.3 Å². The topological polar surface area (TPSA) is 75.4 Å². The first-order valence-corrected chi connectivity index (χ1v) is 8.92. The minimum absolute atomic E-state index is 0.0451. The molecule has 5 nitrogen and oxygen atoms in total. The van der Waals surface area contributed by atoms with E-state index in [0.29, 0.717) is 17.9 Å². The second kappa shape index (κ2) is 10.4. The lowest BCUT2D eigenvalue weighted by atomic mass is 10.3. The average molecular weight is 305 g/mol. The fraction of sp³-hybridized carbons (Fsp3) is 0.833. The van der Waals surface area contributed by atoms with Crippen molar-refractivity contribution in [1.29, 1.82) is 0 Å². The molecule has 3 N–H and O–H groups in total. The molecule has 0 spiro atoms. The van der Waals surface area contributed by atoms with Gasteiger partial charge in [0.15, 0.2) is 0 Å². The minimum Gasteiger partial charge on any atom is -0.370 e. The van der Waals surface area contributed by atoms with Crippen LogP contribution in [0.25, 0.3) is 0 Å². The second-order valence-electron chi connectivity index (χ2n) is 4.43. The number of primary amides is 1. The fourth-order valence-corrected chi connectivity index (χ4v) is 3.50. The number of thioether (sulfide) groups is 2. The number of carbonyl (C=O) groups is 2. The Kier molecular flexibility index (Phi) is 9.11. The highest BCUT2D eigenvalue weighted by atomic mass is 32.2. The van der Waals surface area contributed by atoms with Crippen molar-refractivity contribution in [3.63, 3.8) is 0 Å². The van der Waals surface area contributed by atoms with Gasteiger partial charge in [0.1, 0.15) is 0 Å². The highest BCUT2D eigenvalue weighted by molar-refractivity contribution is 8.00. The molecule has 19 heavy (non-hydrogen) atoms. The summed E-state index contributed by atoms with van der Waals surface area (Å²) in [6.07, 6.45) is 1.34. The molecule has 1 fully saturated rings. The predicted molar refractivity (Wildman–Crippen MR) is 82.5 cm³/mol. The summed E-state index contributed by atoms with van der Waals surface area (Å²) >= 11 is 3.46. The summed E-state index contributed by atoms with van der Waals surface area (Å²) in [7, 11) is 0. The minimum atomic E-state index is -0.312. The Morgan fingerprint density at radius 1 is 1.32 bits per heavy atom. The molecule has 7 heteroatoms. The monoisotopic (exact) mass is 305 g/mol. The van der Waals surface area contributed by atoms with Gasteiger partial charge in [-0.2, -0.15) is 23.5 Å². The van der Waals surface area contributed by atoms with Gasteiger partial charge in [-0.1, -0.05) is 0 Å². The third-order valence-corrected chi connectivity index (χ3v) is 4.70. The van der Waals surface area contributed by atoms with E-state index in [9.17, 15) is 9.59 Å². The van der Waals surface area contributed by atoms with Crippen LogP contribution >= 0.6 is 23.5 Å². The van der Waals surface area contributed by atoms with Gasteiger partial charge in [0.25, 0.3) is 0 Å². The molecular formula is C12H23N3O2S2. The molecule has 0 bridgehead atoms. The lowest BCUT2D eigenvalue weighted by molar-refractivity contribution is -0.119. The van der Waals surface area contributed by atoms with Gasteiger partial charge < -0.3 is 16.0 Å². The summed E-state index contributed by atoms with van der Waals surface area (Å²) < 4.78 is 0. The van der Waals surface area contributed by atoms with Crippen LogP contribution in [-0.4, -0.2) is 65.9 Å². The van der Waals surface area contributed by atoms with Gasteiger partial charge in [-0.3, -0.25) is 9.59 Å². The number of nitrogens with zero attached hydrogens (tertiary/aromatic N) is 1. The summed E-state index contributed by atoms with van der Waals surface area (Å²) in [4.78, 5) is 24.4. The van der Waals surface area contributed by atoms with Crippen molar-refractivity contribution in [2.75, 3.05) is 49.2 Å². The van der Waals surface area contributed by atoms with Crippen molar-refractivity contribution < 1.29 is 9.59 Å². The van der Waals surface area contributed by atoms with Crippen LogP contribution in [0.1, 0.15) is 12.8 Å². The molecule has 0 unspecified atom stereocenters. The van der Waals surface area contributed by atoms with E-state index in [1.165, 1.54) is 36.4 Å². The summed E-state index contributed by atoms with van der Waals surface area (Å²) in [5.74, 6) is 3.21. The molecule has 0 aliphatic carbocycles. The Morgan fingerprint density at radius 2 is 2.05 bits per heavy atom. The van der Waals surface area contributed by atoms with E-state index in [2.05, 4.69) is 10.2 Å². The number of carbonyl (C=O) groups excluding carboxylic acids is 2. The molecule has 1 heterocycles. The Labute approximate surface area is 123 Å². The van der Waals surface area contributed by atoms with Gasteiger partial charge >= 0.3 is 0 Å². The summed E-state index contributed by atoms with van der Waals surface area (Å²) in [5.41, 5.74) is 5.02. The predicted octanol–water partition coefficient (Wildman–Crippen LogP) is 0.150. The number of rotatable bonds is 9. The van der Waals surface area contributed by atoms with E-state index in [1.54, 1.807) is 0 Å². The maximum atomic E-state index is 11.5. The lowest BCUT2D eigenvalue weighted by Gasteiger charge is -2.25. The zero-order valence-corrected chi connectivity index (χ0v) is 12.9. The molecule has 0 atom stereocenters. The van der Waals surface area contributed by atoms with Crippen LogP contribution in [0.3, 0.4) is 0 Å². The normalized spacial score (nSPS) is 16.2. The zero-order valence-electron chi connectivity index (χ0n) is 11.2. The molecular weight excluding hydrogens is 282 g/mol. The number of hydrogen-bond acceptors (Lipinski definition) is 5. The van der Waals surface area contributed by atoms with Crippen molar-refractivity contribution in [2.24, 2.45) is 5.73 Å². The number of amides is 2. The first-order chi connectivity index (χ1) is 9.18. The van der Waals surface area contributed by atoms with Gasteiger partial charge in [-0.25, -0.2) is 0 Å². The van der Waals surface area contributed by atoms with Crippen LogP contribution in [0.15, 0.2) is 0 Å². The molecule has 0 aromatic rings. The molecule has 2 amide bonds. The summed E-state index contributed by atoms with van der Waals surface area (Å²) in [5, 5.41) is 2.90. The standard InChI is InChI=1S/C12H23N3O2S2/c13-11(16)2-7-19-10-12(17)14-3-1-4-15-5-8-18-9-6-15/h1-10H2,(H2,13,16)(H,14,17). The van der Waals surface area contributed by atoms with E-state index in [-0.39, 0.29) is 11.8 Å². The Balaban J connectivity index is 1.90. The van der Waals surface area contributed by atoms with Crippen molar-refractivity contribution in [2.45, 2.75) is 12.8 Å². The highest BCUT2D eigenvalue weighted by Crippen LogP contribution is 2.08. The number of nitrogens with two attached hydrogens (primary N) is 1. The Bertz CT molecular complexity index is 284. The molecule has 1 rings (SSSR count). The SMILES string of the molecule is NC(=O)CCSCC(=O)NCCCN1CCSCC1. The lowest BCUT2D eigenvalue weighted by Crippen LogP contribution is -2.35. The van der Waals surface area contributed by atoms with Crippen molar-refractivity contribution in [1.82, 2.24) is 10.2 Å². The molecule has 1 saturated heterocycles. The van der Waals surface area contributed by atoms with E-state index in [0.717, 1.165) is 19.5 Å². The van der Waals surface area contributed by atoms with Gasteiger partial charge in [0.05, 0.1) is 5.75 Å². The van der Waals surface area contributed by atoms with Crippen LogP contribution in [0.5, 0.6) is 0 Å². The molecule has 0 saturated carbocycles. The van der Waals surface area contributed by atoms with Crippen molar-refractivity contribution in [3.05, 3.63) is 0 Å². The third kappa shape index (κ3) is 9.18. The van der Waals surface area contributed by atoms with Crippen molar-refractivity contribution in [3.8, 4) is 0 Å². The molecule has 1 aliphatic rings. The largest absolute Gasteiger partial charge is 0.370 e. The maximum Gasteiger partial charge on any atom is 0.229 e. The van der Waals surface area contributed by atoms with Crippen LogP contribution in [-0.2, 0) is 9.59 Å². The molecule has 0 radical (unpaired) electrons. The van der Waals surface area contributed by atoms with Crippen LogP contribution < -0.4 is 11.1 Å². The molecule has 1 aliphatic heterocycles. The maximum absolute atomic E-state index is 11.5. The first-order valence-electron chi connectivity index (χ1n) is 6.61. The fourth-order valence-electron chi connectivity index (χ4n) is 1.74. The van der Waals surface area contributed by atoms with Gasteiger partial charge in [-0.15, -0.1) is 0 Å². The molecule has 0 aromatic carbocycles. The highest BCUT2D eigenvalue weighted by Gasteiger charge is 2.09. The Hall–Kier alpha value is -0.400. The van der Waals surface area contributed by atoms with E-state index in [1.807, 2.05) is 11.8 Å². The zero-order chi connectivity index (χ0) is 13.9. The summed E-state index contributed by atoms with van der Waals surface area (Å²) in [6.45, 7) is 4.14. The Morgan fingerprint density at radius 3 is 2.74 bits per heavy atom. The smallest absolute Gasteiger partial charge is 0.229 e. The van der Waals surface area contributed by atoms with Gasteiger partial charge in [0, 0.05) is 43.3 Å². The van der Waals surface area contributed by atoms with Crippen LogP contribution in [0.4, 0.5) is 0 Å². The number of hydrogen-bond donors (Lipinski definition) is 2. The average Bonchev–Trinajstić information content (AvgIpc) is 2.41. The van der Waals surface area contributed by atoms with E-state index < -0.39 is 0 Å². The summed E-state index contributed by atoms with van der Waals surface area (Å²) in [6, 6.07) is 0. The van der Waals surface area contributed by atoms with Gasteiger partial charge in [-0.05, 0) is 13.0 Å². The van der Waals surface area contributed by atoms with Crippen LogP contribution in [0.2, 0.25) is 0 Å². The van der Waals surface area contributed by atoms with Gasteiger partial charge in [0.2, 0.25) is 11.8 Å². The van der Waals surface area contributed by atoms with Crippen LogP contribution in [0, 0.1) is 0 Å². The second-order valence-corrected chi connectivity index (χ2v) is 6.76. The van der Waals surface area contributed by atoms with E-state index in [4.69, 9.17) is 5.73 Å². The number of nitrogens with one attached hydrogen (secondary N) is 1. The van der Waals surface area contributed by atoms with E-state index >= 15 is 0 Å².